The van der Waals surface area contributed by atoms with Crippen LogP contribution in [0.25, 0.3) is 11.1 Å². The van der Waals surface area contributed by atoms with E-state index in [1.807, 2.05) is 24.3 Å². The molecule has 148 valence electrons. The van der Waals surface area contributed by atoms with Crippen LogP contribution in [-0.2, 0) is 14.3 Å². The van der Waals surface area contributed by atoms with E-state index in [1.54, 1.807) is 0 Å². The molecular weight excluding hydrogens is 356 g/mol. The van der Waals surface area contributed by atoms with Gasteiger partial charge in [0.05, 0.1) is 7.11 Å². The highest BCUT2D eigenvalue weighted by Gasteiger charge is 2.28. The van der Waals surface area contributed by atoms with Crippen LogP contribution in [0.3, 0.4) is 0 Å². The number of amides is 1. The number of unbranched alkanes of at least 4 members (excludes halogenated alkanes) is 1. The third-order valence-corrected chi connectivity index (χ3v) is 5.06. The Hall–Kier alpha value is -2.86. The Morgan fingerprint density at radius 2 is 1.64 bits per heavy atom. The van der Waals surface area contributed by atoms with E-state index in [-0.39, 0.29) is 5.92 Å². The van der Waals surface area contributed by atoms with Gasteiger partial charge in [-0.2, -0.15) is 0 Å². The quantitative estimate of drug-likeness (QED) is 0.540. The summed E-state index contributed by atoms with van der Waals surface area (Å²) in [5.41, 5.74) is 10.5. The molecule has 0 saturated heterocycles. The van der Waals surface area contributed by atoms with E-state index in [0.29, 0.717) is 19.6 Å². The van der Waals surface area contributed by atoms with Gasteiger partial charge in [0.1, 0.15) is 12.6 Å². The first kappa shape index (κ1) is 19.9. The molecule has 1 aliphatic carbocycles. The Labute approximate surface area is 165 Å². The van der Waals surface area contributed by atoms with Crippen molar-refractivity contribution in [2.24, 2.45) is 5.73 Å². The fourth-order valence-electron chi connectivity index (χ4n) is 3.60. The molecule has 0 unspecified atom stereocenters. The summed E-state index contributed by atoms with van der Waals surface area (Å²) < 4.78 is 10.1. The zero-order chi connectivity index (χ0) is 19.9. The van der Waals surface area contributed by atoms with Gasteiger partial charge in [0.25, 0.3) is 0 Å². The van der Waals surface area contributed by atoms with E-state index in [4.69, 9.17) is 10.5 Å². The highest BCUT2D eigenvalue weighted by atomic mass is 16.5. The Morgan fingerprint density at radius 3 is 2.25 bits per heavy atom. The molecule has 0 saturated carbocycles. The van der Waals surface area contributed by atoms with Crippen LogP contribution in [0.2, 0.25) is 0 Å². The van der Waals surface area contributed by atoms with Crippen molar-refractivity contribution >= 4 is 12.1 Å². The molecule has 0 bridgehead atoms. The molecule has 1 aliphatic rings. The third kappa shape index (κ3) is 4.51. The van der Waals surface area contributed by atoms with Gasteiger partial charge in [-0.25, -0.2) is 4.79 Å². The molecular formula is C22H26N2O4. The van der Waals surface area contributed by atoms with Gasteiger partial charge in [-0.05, 0) is 41.5 Å². The first-order valence-electron chi connectivity index (χ1n) is 9.54. The van der Waals surface area contributed by atoms with E-state index in [9.17, 15) is 9.59 Å². The summed E-state index contributed by atoms with van der Waals surface area (Å²) in [6, 6.07) is 15.8. The first-order chi connectivity index (χ1) is 13.6. The minimum absolute atomic E-state index is 0.0520. The van der Waals surface area contributed by atoms with Crippen LogP contribution in [0, 0.1) is 0 Å². The van der Waals surface area contributed by atoms with Gasteiger partial charge in [-0.3, -0.25) is 4.79 Å². The number of esters is 1. The van der Waals surface area contributed by atoms with Crippen molar-refractivity contribution < 1.29 is 19.1 Å². The molecule has 2 aromatic rings. The van der Waals surface area contributed by atoms with E-state index in [1.165, 1.54) is 29.4 Å². The van der Waals surface area contributed by atoms with Crippen molar-refractivity contribution in [3.8, 4) is 11.1 Å². The molecule has 0 heterocycles. The standard InChI is InChI=1S/C22H26N2O4/c1-27-21(25)20(23)12-6-7-13-24-22(26)28-14-19-17-10-4-2-8-15(17)16-9-3-5-11-18(16)19/h2-5,8-11,19-20H,6-7,12-14,23H2,1H3,(H,24,26)/t20-/m1/s1. The number of hydrogen-bond acceptors (Lipinski definition) is 5. The Morgan fingerprint density at radius 1 is 1.04 bits per heavy atom. The number of carbonyl (C=O) groups excluding carboxylic acids is 2. The van der Waals surface area contributed by atoms with Gasteiger partial charge in [-0.1, -0.05) is 48.5 Å². The summed E-state index contributed by atoms with van der Waals surface area (Å²) in [7, 11) is 1.32. The molecule has 28 heavy (non-hydrogen) atoms. The number of rotatable bonds is 8. The van der Waals surface area contributed by atoms with Crippen molar-refractivity contribution in [2.45, 2.75) is 31.2 Å². The SMILES string of the molecule is COC(=O)[C@H](N)CCCCNC(=O)OCC1c2ccccc2-c2ccccc21. The normalized spacial score (nSPS) is 13.4. The smallest absolute Gasteiger partial charge is 0.407 e. The summed E-state index contributed by atoms with van der Waals surface area (Å²) in [5.74, 6) is -0.360. The number of carbonyl (C=O) groups is 2. The van der Waals surface area contributed by atoms with E-state index >= 15 is 0 Å². The summed E-state index contributed by atoms with van der Waals surface area (Å²) in [5, 5.41) is 2.75. The number of benzene rings is 2. The summed E-state index contributed by atoms with van der Waals surface area (Å²) >= 11 is 0. The number of alkyl carbamates (subject to hydrolysis) is 1. The molecule has 0 aromatic heterocycles. The molecule has 3 N–H and O–H groups in total. The predicted octanol–water partition coefficient (Wildman–Crippen LogP) is 3.20. The lowest BCUT2D eigenvalue weighted by atomic mass is 9.98. The molecule has 3 rings (SSSR count). The van der Waals surface area contributed by atoms with Crippen LogP contribution >= 0.6 is 0 Å². The number of hydrogen-bond donors (Lipinski definition) is 2. The van der Waals surface area contributed by atoms with E-state index < -0.39 is 18.1 Å². The molecule has 2 aromatic carbocycles. The fourth-order valence-corrected chi connectivity index (χ4v) is 3.60. The van der Waals surface area contributed by atoms with Crippen molar-refractivity contribution in [1.29, 1.82) is 0 Å². The van der Waals surface area contributed by atoms with Crippen molar-refractivity contribution in [1.82, 2.24) is 5.32 Å². The van der Waals surface area contributed by atoms with Gasteiger partial charge in [0.15, 0.2) is 0 Å². The lowest BCUT2D eigenvalue weighted by molar-refractivity contribution is -0.142. The zero-order valence-corrected chi connectivity index (χ0v) is 16.0. The van der Waals surface area contributed by atoms with Crippen LogP contribution in [0.5, 0.6) is 0 Å². The zero-order valence-electron chi connectivity index (χ0n) is 16.0. The highest BCUT2D eigenvalue weighted by molar-refractivity contribution is 5.79. The molecule has 0 aliphatic heterocycles. The number of nitrogens with two attached hydrogens (primary N) is 1. The number of methoxy groups -OCH3 is 1. The number of nitrogens with one attached hydrogen (secondary N) is 1. The molecule has 0 fully saturated rings. The Kier molecular flexibility index (Phi) is 6.66. The Balaban J connectivity index is 1.45. The molecule has 0 radical (unpaired) electrons. The monoisotopic (exact) mass is 382 g/mol. The summed E-state index contributed by atoms with van der Waals surface area (Å²) in [6.45, 7) is 0.775. The number of ether oxygens (including phenoxy) is 2. The van der Waals surface area contributed by atoms with Gasteiger partial charge >= 0.3 is 12.1 Å². The maximum Gasteiger partial charge on any atom is 0.407 e. The topological polar surface area (TPSA) is 90.6 Å². The molecule has 6 heteroatoms. The van der Waals surface area contributed by atoms with Crippen molar-refractivity contribution in [3.63, 3.8) is 0 Å². The van der Waals surface area contributed by atoms with Gasteiger partial charge in [-0.15, -0.1) is 0 Å². The first-order valence-corrected chi connectivity index (χ1v) is 9.54. The average molecular weight is 382 g/mol. The predicted molar refractivity (Wildman–Crippen MR) is 107 cm³/mol. The molecule has 1 atom stereocenters. The third-order valence-electron chi connectivity index (χ3n) is 5.06. The lowest BCUT2D eigenvalue weighted by Crippen LogP contribution is -2.32. The minimum atomic E-state index is -0.612. The van der Waals surface area contributed by atoms with Crippen LogP contribution in [0.15, 0.2) is 48.5 Å². The molecule has 6 nitrogen and oxygen atoms in total. The molecule has 1 amide bonds. The average Bonchev–Trinajstić information content (AvgIpc) is 3.05. The maximum atomic E-state index is 12.0. The largest absolute Gasteiger partial charge is 0.468 e. The fraction of sp³-hybridized carbons (Fsp3) is 0.364. The van der Waals surface area contributed by atoms with Crippen LogP contribution in [0.1, 0.15) is 36.3 Å². The van der Waals surface area contributed by atoms with Crippen molar-refractivity contribution in [3.05, 3.63) is 59.7 Å². The summed E-state index contributed by atoms with van der Waals surface area (Å²) in [6.07, 6.45) is 1.53. The van der Waals surface area contributed by atoms with Gasteiger partial charge < -0.3 is 20.5 Å². The lowest BCUT2D eigenvalue weighted by Gasteiger charge is -2.14. The second-order valence-corrected chi connectivity index (χ2v) is 6.88. The minimum Gasteiger partial charge on any atom is -0.468 e. The van der Waals surface area contributed by atoms with Crippen LogP contribution in [-0.4, -0.2) is 38.4 Å². The van der Waals surface area contributed by atoms with Gasteiger partial charge in [0, 0.05) is 12.5 Å². The van der Waals surface area contributed by atoms with Crippen LogP contribution < -0.4 is 11.1 Å². The summed E-state index contributed by atoms with van der Waals surface area (Å²) in [4.78, 5) is 23.3. The number of fused-ring (bicyclic) bond motifs is 3. The second kappa shape index (κ2) is 9.37. The van der Waals surface area contributed by atoms with E-state index in [0.717, 1.165) is 12.8 Å². The second-order valence-electron chi connectivity index (χ2n) is 6.88. The van der Waals surface area contributed by atoms with Crippen molar-refractivity contribution in [2.75, 3.05) is 20.3 Å². The van der Waals surface area contributed by atoms with Gasteiger partial charge in [0.2, 0.25) is 0 Å². The maximum absolute atomic E-state index is 12.0. The molecule has 0 spiro atoms. The highest BCUT2D eigenvalue weighted by Crippen LogP contribution is 2.44. The van der Waals surface area contributed by atoms with Crippen LogP contribution in [0.4, 0.5) is 4.79 Å². The Bertz CT molecular complexity index is 791. The van der Waals surface area contributed by atoms with E-state index in [2.05, 4.69) is 34.3 Å².